The third kappa shape index (κ3) is 3.55. The zero-order valence-electron chi connectivity index (χ0n) is 12.6. The summed E-state index contributed by atoms with van der Waals surface area (Å²) >= 11 is 6.01. The number of carbonyl (C=O) groups excluding carboxylic acids is 1. The highest BCUT2D eigenvalue weighted by Crippen LogP contribution is 2.28. The van der Waals surface area contributed by atoms with Crippen molar-refractivity contribution < 1.29 is 4.79 Å². The first-order chi connectivity index (χ1) is 9.88. The number of nitrogens with zero attached hydrogens (tertiary/aromatic N) is 3. The van der Waals surface area contributed by atoms with Gasteiger partial charge in [0.2, 0.25) is 0 Å². The molecule has 0 saturated heterocycles. The zero-order chi connectivity index (χ0) is 15.6. The number of carbonyl (C=O) groups is 1. The van der Waals surface area contributed by atoms with Crippen molar-refractivity contribution in [2.75, 3.05) is 24.3 Å². The largest absolute Gasteiger partial charge is 0.376 e. The van der Waals surface area contributed by atoms with Gasteiger partial charge in [-0.3, -0.25) is 9.48 Å². The summed E-state index contributed by atoms with van der Waals surface area (Å²) in [6.07, 6.45) is 1.80. The molecular formula is C15H19ClN4O. The van der Waals surface area contributed by atoms with Gasteiger partial charge in [-0.15, -0.1) is 0 Å². The van der Waals surface area contributed by atoms with Crippen LogP contribution in [0.4, 0.5) is 11.4 Å². The lowest BCUT2D eigenvalue weighted by atomic mass is 10.2. The van der Waals surface area contributed by atoms with Crippen molar-refractivity contribution in [1.82, 2.24) is 9.78 Å². The third-order valence-corrected chi connectivity index (χ3v) is 3.29. The van der Waals surface area contributed by atoms with Crippen molar-refractivity contribution in [2.45, 2.75) is 19.9 Å². The maximum atomic E-state index is 12.3. The van der Waals surface area contributed by atoms with Crippen LogP contribution in [0.25, 0.3) is 0 Å². The molecule has 0 aliphatic carbocycles. The number of benzene rings is 1. The van der Waals surface area contributed by atoms with E-state index in [-0.39, 0.29) is 11.9 Å². The molecule has 0 unspecified atom stereocenters. The van der Waals surface area contributed by atoms with E-state index in [2.05, 4.69) is 10.4 Å². The minimum Gasteiger partial charge on any atom is -0.376 e. The molecule has 0 aliphatic rings. The average Bonchev–Trinajstić information content (AvgIpc) is 2.88. The molecule has 0 fully saturated rings. The number of anilines is 2. The maximum Gasteiger partial charge on any atom is 0.276 e. The molecule has 1 heterocycles. The zero-order valence-corrected chi connectivity index (χ0v) is 13.3. The van der Waals surface area contributed by atoms with Crippen LogP contribution in [0.2, 0.25) is 5.02 Å². The van der Waals surface area contributed by atoms with E-state index in [0.717, 1.165) is 5.69 Å². The maximum absolute atomic E-state index is 12.3. The molecule has 112 valence electrons. The second-order valence-corrected chi connectivity index (χ2v) is 5.72. The summed E-state index contributed by atoms with van der Waals surface area (Å²) in [5, 5.41) is 7.69. The van der Waals surface area contributed by atoms with E-state index >= 15 is 0 Å². The van der Waals surface area contributed by atoms with E-state index in [1.165, 1.54) is 0 Å². The predicted molar refractivity (Wildman–Crippen MR) is 86.3 cm³/mol. The van der Waals surface area contributed by atoms with Crippen molar-refractivity contribution in [3.63, 3.8) is 0 Å². The van der Waals surface area contributed by atoms with Gasteiger partial charge in [-0.25, -0.2) is 0 Å². The molecule has 1 aromatic heterocycles. The molecule has 1 amide bonds. The Morgan fingerprint density at radius 1 is 1.33 bits per heavy atom. The fourth-order valence-corrected chi connectivity index (χ4v) is 2.10. The second kappa shape index (κ2) is 6.18. The molecule has 1 N–H and O–H groups in total. The molecule has 0 bridgehead atoms. The summed E-state index contributed by atoms with van der Waals surface area (Å²) < 4.78 is 1.75. The fraction of sp³-hybridized carbons (Fsp3) is 0.333. The van der Waals surface area contributed by atoms with Gasteiger partial charge in [0.25, 0.3) is 5.91 Å². The van der Waals surface area contributed by atoms with Crippen molar-refractivity contribution in [3.8, 4) is 0 Å². The van der Waals surface area contributed by atoms with Crippen molar-refractivity contribution in [3.05, 3.63) is 41.2 Å². The van der Waals surface area contributed by atoms with Gasteiger partial charge >= 0.3 is 0 Å². The van der Waals surface area contributed by atoms with E-state index in [4.69, 9.17) is 11.6 Å². The van der Waals surface area contributed by atoms with Gasteiger partial charge in [0.1, 0.15) is 0 Å². The molecule has 1 aromatic carbocycles. The van der Waals surface area contributed by atoms with E-state index < -0.39 is 0 Å². The number of hydrogen-bond donors (Lipinski definition) is 1. The Kier molecular flexibility index (Phi) is 4.53. The lowest BCUT2D eigenvalue weighted by Gasteiger charge is -2.17. The first-order valence-electron chi connectivity index (χ1n) is 6.72. The van der Waals surface area contributed by atoms with Gasteiger partial charge in [0.15, 0.2) is 5.69 Å². The molecule has 6 heteroatoms. The molecule has 0 aliphatic heterocycles. The number of rotatable bonds is 4. The normalized spacial score (nSPS) is 10.8. The molecule has 2 aromatic rings. The fourth-order valence-electron chi connectivity index (χ4n) is 1.93. The first-order valence-corrected chi connectivity index (χ1v) is 7.09. The number of halogens is 1. The summed E-state index contributed by atoms with van der Waals surface area (Å²) in [7, 11) is 3.82. The van der Waals surface area contributed by atoms with Crippen LogP contribution in [0.3, 0.4) is 0 Å². The summed E-state index contributed by atoms with van der Waals surface area (Å²) in [5.41, 5.74) is 1.93. The highest BCUT2D eigenvalue weighted by molar-refractivity contribution is 6.31. The van der Waals surface area contributed by atoms with Crippen LogP contribution in [0.1, 0.15) is 30.4 Å². The van der Waals surface area contributed by atoms with Gasteiger partial charge in [0, 0.05) is 31.4 Å². The molecule has 0 radical (unpaired) electrons. The quantitative estimate of drug-likeness (QED) is 0.941. The van der Waals surface area contributed by atoms with Crippen LogP contribution < -0.4 is 10.2 Å². The lowest BCUT2D eigenvalue weighted by molar-refractivity contribution is 0.102. The number of hydrogen-bond acceptors (Lipinski definition) is 3. The monoisotopic (exact) mass is 306 g/mol. The molecule has 0 spiro atoms. The minimum absolute atomic E-state index is 0.218. The molecule has 0 saturated carbocycles. The van der Waals surface area contributed by atoms with Gasteiger partial charge in [0.05, 0.1) is 11.4 Å². The smallest absolute Gasteiger partial charge is 0.276 e. The topological polar surface area (TPSA) is 50.2 Å². The van der Waals surface area contributed by atoms with Crippen molar-refractivity contribution in [1.29, 1.82) is 0 Å². The molecule has 5 nitrogen and oxygen atoms in total. The number of amides is 1. The molecule has 0 atom stereocenters. The Morgan fingerprint density at radius 3 is 2.62 bits per heavy atom. The Bertz CT molecular complexity index is 649. The van der Waals surface area contributed by atoms with Crippen LogP contribution in [0.15, 0.2) is 30.5 Å². The second-order valence-electron chi connectivity index (χ2n) is 5.28. The van der Waals surface area contributed by atoms with Gasteiger partial charge in [-0.1, -0.05) is 11.6 Å². The molecule has 2 rings (SSSR count). The Balaban J connectivity index is 2.24. The summed E-state index contributed by atoms with van der Waals surface area (Å²) in [4.78, 5) is 14.2. The SMILES string of the molecule is CC(C)n1ccc(C(=O)Nc2cc(Cl)ccc2N(C)C)n1. The number of aromatic nitrogens is 2. The van der Waals surface area contributed by atoms with Crippen molar-refractivity contribution in [2.24, 2.45) is 0 Å². The Labute approximate surface area is 129 Å². The van der Waals surface area contributed by atoms with E-state index in [1.807, 2.05) is 38.9 Å². The summed E-state index contributed by atoms with van der Waals surface area (Å²) in [5.74, 6) is -0.250. The highest BCUT2D eigenvalue weighted by atomic mass is 35.5. The minimum atomic E-state index is -0.250. The van der Waals surface area contributed by atoms with E-state index in [1.54, 1.807) is 29.1 Å². The summed E-state index contributed by atoms with van der Waals surface area (Å²) in [6.45, 7) is 4.02. The van der Waals surface area contributed by atoms with Gasteiger partial charge in [-0.05, 0) is 38.1 Å². The Morgan fingerprint density at radius 2 is 2.05 bits per heavy atom. The van der Waals surface area contributed by atoms with Crippen LogP contribution in [0.5, 0.6) is 0 Å². The highest BCUT2D eigenvalue weighted by Gasteiger charge is 2.14. The van der Waals surface area contributed by atoms with Crippen LogP contribution in [0, 0.1) is 0 Å². The standard InChI is InChI=1S/C15H19ClN4O/c1-10(2)20-8-7-12(18-20)15(21)17-13-9-11(16)5-6-14(13)19(3)4/h5-10H,1-4H3,(H,17,21). The van der Waals surface area contributed by atoms with Gasteiger partial charge in [-0.2, -0.15) is 5.10 Å². The molecular weight excluding hydrogens is 288 g/mol. The lowest BCUT2D eigenvalue weighted by Crippen LogP contribution is -2.17. The number of nitrogens with one attached hydrogen (secondary N) is 1. The summed E-state index contributed by atoms with van der Waals surface area (Å²) in [6, 6.07) is 7.31. The third-order valence-electron chi connectivity index (χ3n) is 3.06. The van der Waals surface area contributed by atoms with E-state index in [0.29, 0.717) is 16.4 Å². The van der Waals surface area contributed by atoms with Crippen LogP contribution in [-0.4, -0.2) is 29.8 Å². The first kappa shape index (κ1) is 15.4. The van der Waals surface area contributed by atoms with Crippen molar-refractivity contribution >= 4 is 28.9 Å². The van der Waals surface area contributed by atoms with E-state index in [9.17, 15) is 4.79 Å². The van der Waals surface area contributed by atoms with Crippen LogP contribution >= 0.6 is 11.6 Å². The predicted octanol–water partition coefficient (Wildman–Crippen LogP) is 3.44. The Hall–Kier alpha value is -2.01. The average molecular weight is 307 g/mol. The van der Waals surface area contributed by atoms with Crippen LogP contribution in [-0.2, 0) is 0 Å². The van der Waals surface area contributed by atoms with Gasteiger partial charge < -0.3 is 10.2 Å². The molecule has 21 heavy (non-hydrogen) atoms.